The molecule has 3 nitrogen and oxygen atoms in total. The molecule has 0 fully saturated rings. The largest absolute Gasteiger partial charge is 0.496 e. The number of amides is 1. The highest BCUT2D eigenvalue weighted by Crippen LogP contribution is 2.23. The van der Waals surface area contributed by atoms with Crippen LogP contribution in [0.25, 0.3) is 6.08 Å². The van der Waals surface area contributed by atoms with Gasteiger partial charge < -0.3 is 10.1 Å². The molecule has 2 aromatic carbocycles. The molecule has 1 N–H and O–H groups in total. The van der Waals surface area contributed by atoms with Gasteiger partial charge in [-0.1, -0.05) is 63.2 Å². The molecule has 0 aliphatic carbocycles. The van der Waals surface area contributed by atoms with Gasteiger partial charge in [0.1, 0.15) is 5.75 Å². The highest BCUT2D eigenvalue weighted by Gasteiger charge is 2.12. The Labute approximate surface area is 157 Å². The predicted octanol–water partition coefficient (Wildman–Crippen LogP) is 5.49. The third-order valence-electron chi connectivity index (χ3n) is 4.80. The second-order valence-electron chi connectivity index (χ2n) is 6.52. The minimum atomic E-state index is -0.103. The van der Waals surface area contributed by atoms with Crippen LogP contribution in [0.5, 0.6) is 5.75 Å². The highest BCUT2D eigenvalue weighted by atomic mass is 16.5. The maximum atomic E-state index is 12.3. The number of nitrogens with one attached hydrogen (secondary N) is 1. The van der Waals surface area contributed by atoms with Gasteiger partial charge in [-0.3, -0.25) is 4.79 Å². The summed E-state index contributed by atoms with van der Waals surface area (Å²) in [5.41, 5.74) is 3.36. The van der Waals surface area contributed by atoms with Gasteiger partial charge in [0.25, 0.3) is 0 Å². The standard InChI is InChI=1S/C23H29NO2/c1-5-17(3)18-11-13-19(14-12-18)21(6-2)24-23(25)16-15-20-9-7-8-10-22(20)26-4/h7-17,21H,5-6H2,1-4H3,(H,24,25). The molecule has 0 aliphatic heterocycles. The molecule has 3 heteroatoms. The van der Waals surface area contributed by atoms with Gasteiger partial charge in [0.05, 0.1) is 13.2 Å². The average Bonchev–Trinajstić information content (AvgIpc) is 2.70. The topological polar surface area (TPSA) is 38.3 Å². The van der Waals surface area contributed by atoms with E-state index in [0.717, 1.165) is 29.7 Å². The zero-order valence-electron chi connectivity index (χ0n) is 16.2. The number of benzene rings is 2. The molecule has 138 valence electrons. The quantitative estimate of drug-likeness (QED) is 0.639. The van der Waals surface area contributed by atoms with E-state index in [4.69, 9.17) is 4.74 Å². The number of para-hydroxylation sites is 1. The molecule has 26 heavy (non-hydrogen) atoms. The second kappa shape index (κ2) is 9.81. The summed E-state index contributed by atoms with van der Waals surface area (Å²) in [6, 6.07) is 16.2. The van der Waals surface area contributed by atoms with Crippen LogP contribution in [0.4, 0.5) is 0 Å². The van der Waals surface area contributed by atoms with E-state index in [1.165, 1.54) is 5.56 Å². The van der Waals surface area contributed by atoms with Crippen LogP contribution in [-0.2, 0) is 4.79 Å². The van der Waals surface area contributed by atoms with Crippen molar-refractivity contribution in [1.82, 2.24) is 5.32 Å². The number of methoxy groups -OCH3 is 1. The SMILES string of the molecule is CCC(C)c1ccc(C(CC)NC(=O)C=Cc2ccccc2OC)cc1. The van der Waals surface area contributed by atoms with Gasteiger partial charge in [0.2, 0.25) is 5.91 Å². The Hall–Kier alpha value is -2.55. The normalized spacial score (nSPS) is 13.4. The van der Waals surface area contributed by atoms with Crippen LogP contribution in [0.3, 0.4) is 0 Å². The summed E-state index contributed by atoms with van der Waals surface area (Å²) in [5.74, 6) is 1.21. The van der Waals surface area contributed by atoms with E-state index >= 15 is 0 Å². The third kappa shape index (κ3) is 5.22. The van der Waals surface area contributed by atoms with Crippen molar-refractivity contribution in [2.45, 2.75) is 45.6 Å². The van der Waals surface area contributed by atoms with Crippen molar-refractivity contribution in [2.24, 2.45) is 0 Å². The first-order chi connectivity index (χ1) is 12.6. The molecule has 0 aromatic heterocycles. The first-order valence-corrected chi connectivity index (χ1v) is 9.30. The molecule has 0 saturated heterocycles. The maximum absolute atomic E-state index is 12.3. The lowest BCUT2D eigenvalue weighted by Gasteiger charge is -2.18. The van der Waals surface area contributed by atoms with E-state index in [9.17, 15) is 4.79 Å². The van der Waals surface area contributed by atoms with Gasteiger partial charge in [-0.15, -0.1) is 0 Å². The molecule has 0 spiro atoms. The van der Waals surface area contributed by atoms with Crippen LogP contribution >= 0.6 is 0 Å². The minimum Gasteiger partial charge on any atom is -0.496 e. The van der Waals surface area contributed by atoms with Crippen LogP contribution in [-0.4, -0.2) is 13.0 Å². The lowest BCUT2D eigenvalue weighted by molar-refractivity contribution is -0.117. The van der Waals surface area contributed by atoms with Gasteiger partial charge in [-0.05, 0) is 42.0 Å². The van der Waals surface area contributed by atoms with Gasteiger partial charge >= 0.3 is 0 Å². The van der Waals surface area contributed by atoms with Crippen LogP contribution < -0.4 is 10.1 Å². The molecule has 2 rings (SSSR count). The van der Waals surface area contributed by atoms with E-state index in [1.54, 1.807) is 19.3 Å². The summed E-state index contributed by atoms with van der Waals surface area (Å²) >= 11 is 0. The highest BCUT2D eigenvalue weighted by molar-refractivity contribution is 5.92. The molecule has 1 amide bonds. The van der Waals surface area contributed by atoms with E-state index in [-0.39, 0.29) is 11.9 Å². The van der Waals surface area contributed by atoms with Crippen molar-refractivity contribution in [2.75, 3.05) is 7.11 Å². The molecule has 0 heterocycles. The zero-order valence-corrected chi connectivity index (χ0v) is 16.2. The summed E-state index contributed by atoms with van der Waals surface area (Å²) in [5, 5.41) is 3.09. The predicted molar refractivity (Wildman–Crippen MR) is 108 cm³/mol. The Morgan fingerprint density at radius 2 is 1.69 bits per heavy atom. The monoisotopic (exact) mass is 351 g/mol. The van der Waals surface area contributed by atoms with Crippen LogP contribution in [0, 0.1) is 0 Å². The van der Waals surface area contributed by atoms with Crippen molar-refractivity contribution >= 4 is 12.0 Å². The van der Waals surface area contributed by atoms with Crippen molar-refractivity contribution in [3.8, 4) is 5.75 Å². The Balaban J connectivity index is 2.05. The minimum absolute atomic E-state index is 0.0100. The van der Waals surface area contributed by atoms with Gasteiger partial charge in [-0.2, -0.15) is 0 Å². The molecular formula is C23H29NO2. The number of carbonyl (C=O) groups is 1. The Morgan fingerprint density at radius 3 is 2.31 bits per heavy atom. The Kier molecular flexibility index (Phi) is 7.46. The van der Waals surface area contributed by atoms with E-state index in [0.29, 0.717) is 5.92 Å². The van der Waals surface area contributed by atoms with Crippen molar-refractivity contribution in [3.05, 3.63) is 71.3 Å². The fourth-order valence-corrected chi connectivity index (χ4v) is 2.90. The number of rotatable bonds is 8. The van der Waals surface area contributed by atoms with Crippen LogP contribution in [0.15, 0.2) is 54.6 Å². The number of carbonyl (C=O) groups excluding carboxylic acids is 1. The fourth-order valence-electron chi connectivity index (χ4n) is 2.90. The summed E-state index contributed by atoms with van der Waals surface area (Å²) in [4.78, 5) is 12.3. The average molecular weight is 351 g/mol. The molecule has 0 radical (unpaired) electrons. The van der Waals surface area contributed by atoms with Gasteiger partial charge in [0.15, 0.2) is 0 Å². The Bertz CT molecular complexity index is 734. The number of hydrogen-bond acceptors (Lipinski definition) is 2. The van der Waals surface area contributed by atoms with Crippen molar-refractivity contribution < 1.29 is 9.53 Å². The van der Waals surface area contributed by atoms with Crippen LogP contribution in [0.2, 0.25) is 0 Å². The molecule has 0 aliphatic rings. The first kappa shape index (κ1) is 19.8. The van der Waals surface area contributed by atoms with Crippen molar-refractivity contribution in [1.29, 1.82) is 0 Å². The lowest BCUT2D eigenvalue weighted by atomic mass is 9.95. The van der Waals surface area contributed by atoms with E-state index < -0.39 is 0 Å². The molecule has 0 saturated carbocycles. The second-order valence-corrected chi connectivity index (χ2v) is 6.52. The summed E-state index contributed by atoms with van der Waals surface area (Å²) < 4.78 is 5.31. The molecule has 0 bridgehead atoms. The number of ether oxygens (including phenoxy) is 1. The molecular weight excluding hydrogens is 322 g/mol. The van der Waals surface area contributed by atoms with Gasteiger partial charge in [-0.25, -0.2) is 0 Å². The summed E-state index contributed by atoms with van der Waals surface area (Å²) in [6.45, 7) is 6.51. The van der Waals surface area contributed by atoms with Crippen LogP contribution in [0.1, 0.15) is 62.3 Å². The summed E-state index contributed by atoms with van der Waals surface area (Å²) in [6.07, 6.45) is 5.32. The number of hydrogen-bond donors (Lipinski definition) is 1. The smallest absolute Gasteiger partial charge is 0.244 e. The molecule has 2 atom stereocenters. The Morgan fingerprint density at radius 1 is 1.04 bits per heavy atom. The van der Waals surface area contributed by atoms with E-state index in [1.807, 2.05) is 24.3 Å². The zero-order chi connectivity index (χ0) is 18.9. The third-order valence-corrected chi connectivity index (χ3v) is 4.80. The van der Waals surface area contributed by atoms with Crippen molar-refractivity contribution in [3.63, 3.8) is 0 Å². The lowest BCUT2D eigenvalue weighted by Crippen LogP contribution is -2.26. The molecule has 2 unspecified atom stereocenters. The summed E-state index contributed by atoms with van der Waals surface area (Å²) in [7, 11) is 1.63. The van der Waals surface area contributed by atoms with E-state index in [2.05, 4.69) is 50.4 Å². The fraction of sp³-hybridized carbons (Fsp3) is 0.348. The molecule has 2 aromatic rings. The van der Waals surface area contributed by atoms with Gasteiger partial charge in [0, 0.05) is 11.6 Å². The maximum Gasteiger partial charge on any atom is 0.244 e. The first-order valence-electron chi connectivity index (χ1n) is 9.30.